The van der Waals surface area contributed by atoms with Gasteiger partial charge in [-0.15, -0.1) is 0 Å². The van der Waals surface area contributed by atoms with Gasteiger partial charge in [0.05, 0.1) is 18.2 Å². The average molecular weight is 332 g/mol. The Hall–Kier alpha value is -2.70. The quantitative estimate of drug-likeness (QED) is 0.829. The first-order valence-corrected chi connectivity index (χ1v) is 7.84. The van der Waals surface area contributed by atoms with Crippen molar-refractivity contribution < 1.29 is 23.9 Å². The second kappa shape index (κ2) is 7.25. The van der Waals surface area contributed by atoms with Gasteiger partial charge >= 0.3 is 0 Å². The number of carbonyl (C=O) groups is 4. The summed E-state index contributed by atoms with van der Waals surface area (Å²) in [5.41, 5.74) is 0.453. The first kappa shape index (κ1) is 17.7. The number of nitrogens with zero attached hydrogens (tertiary/aromatic N) is 1. The number of methoxy groups -OCH3 is 1. The molecule has 1 atom stereocenters. The molecule has 0 aliphatic carbocycles. The number of imide groups is 2. The topological polar surface area (TPSA) is 92.8 Å². The van der Waals surface area contributed by atoms with E-state index in [2.05, 4.69) is 19.2 Å². The molecule has 7 heteroatoms. The molecular formula is C17H20N2O5. The predicted molar refractivity (Wildman–Crippen MR) is 85.6 cm³/mol. The number of hydrogen-bond donors (Lipinski definition) is 1. The maximum Gasteiger partial charge on any atom is 0.262 e. The van der Waals surface area contributed by atoms with Gasteiger partial charge in [0, 0.05) is 6.42 Å². The Kier molecular flexibility index (Phi) is 5.33. The minimum absolute atomic E-state index is 0.104. The molecule has 1 aromatic carbocycles. The Balaban J connectivity index is 0.000000647. The summed E-state index contributed by atoms with van der Waals surface area (Å²) in [6.07, 6.45) is 1.50. The molecule has 2 aliphatic rings. The number of nitrogens with one attached hydrogen (secondary N) is 1. The zero-order valence-corrected chi connectivity index (χ0v) is 13.9. The molecule has 0 bridgehead atoms. The largest absolute Gasteiger partial charge is 0.497 e. The molecule has 1 N–H and O–H groups in total. The van der Waals surface area contributed by atoms with Crippen LogP contribution < -0.4 is 10.1 Å². The third-order valence-corrected chi connectivity index (χ3v) is 3.65. The SMILES string of the molecule is CCC.COc1ccc2c(c1)C(=O)N(C1CCC(=O)NC1=O)C2=O. The molecular weight excluding hydrogens is 312 g/mol. The van der Waals surface area contributed by atoms with Crippen molar-refractivity contribution in [2.45, 2.75) is 39.2 Å². The van der Waals surface area contributed by atoms with Gasteiger partial charge in [0.25, 0.3) is 11.8 Å². The van der Waals surface area contributed by atoms with E-state index in [4.69, 9.17) is 4.74 Å². The minimum atomic E-state index is -0.943. The van der Waals surface area contributed by atoms with Crippen LogP contribution in [0, 0.1) is 0 Å². The molecule has 7 nitrogen and oxygen atoms in total. The molecule has 4 amide bonds. The molecule has 2 aliphatic heterocycles. The fourth-order valence-electron chi connectivity index (χ4n) is 2.58. The molecule has 0 saturated carbocycles. The standard InChI is InChI=1S/C14H12N2O5.C3H8/c1-21-7-2-3-8-9(6-7)14(20)16(13(8)19)10-4-5-11(17)15-12(10)18;1-3-2/h2-3,6,10H,4-5H2,1H3,(H,15,17,18);3H2,1-2H3. The summed E-state index contributed by atoms with van der Waals surface area (Å²) in [4.78, 5) is 48.7. The van der Waals surface area contributed by atoms with Gasteiger partial charge in [0.2, 0.25) is 11.8 Å². The van der Waals surface area contributed by atoms with Gasteiger partial charge in [-0.1, -0.05) is 20.3 Å². The van der Waals surface area contributed by atoms with E-state index in [1.165, 1.54) is 25.7 Å². The Morgan fingerprint density at radius 2 is 1.75 bits per heavy atom. The Labute approximate surface area is 140 Å². The number of ether oxygens (including phenoxy) is 1. The second-order valence-corrected chi connectivity index (χ2v) is 5.57. The smallest absolute Gasteiger partial charge is 0.262 e. The van der Waals surface area contributed by atoms with Gasteiger partial charge in [-0.3, -0.25) is 29.4 Å². The zero-order valence-electron chi connectivity index (χ0n) is 13.9. The predicted octanol–water partition coefficient (Wildman–Crippen LogP) is 1.51. The first-order chi connectivity index (χ1) is 11.4. The third-order valence-electron chi connectivity index (χ3n) is 3.65. The molecule has 128 valence electrons. The Morgan fingerprint density at radius 1 is 1.12 bits per heavy atom. The molecule has 1 aromatic rings. The van der Waals surface area contributed by atoms with Crippen LogP contribution in [0.1, 0.15) is 53.8 Å². The van der Waals surface area contributed by atoms with E-state index >= 15 is 0 Å². The van der Waals surface area contributed by atoms with Gasteiger partial charge < -0.3 is 4.74 Å². The summed E-state index contributed by atoms with van der Waals surface area (Å²) < 4.78 is 5.03. The molecule has 0 aromatic heterocycles. The monoisotopic (exact) mass is 332 g/mol. The highest BCUT2D eigenvalue weighted by molar-refractivity contribution is 6.23. The zero-order chi connectivity index (χ0) is 17.9. The van der Waals surface area contributed by atoms with Crippen LogP contribution in [-0.2, 0) is 9.59 Å². The normalized spacial score (nSPS) is 19.5. The molecule has 1 fully saturated rings. The summed E-state index contributed by atoms with van der Waals surface area (Å²) in [5.74, 6) is -1.61. The van der Waals surface area contributed by atoms with E-state index in [1.807, 2.05) is 0 Å². The highest BCUT2D eigenvalue weighted by Crippen LogP contribution is 2.29. The second-order valence-electron chi connectivity index (χ2n) is 5.57. The van der Waals surface area contributed by atoms with Crippen molar-refractivity contribution in [3.8, 4) is 5.75 Å². The summed E-state index contributed by atoms with van der Waals surface area (Å²) in [6, 6.07) is 3.61. The van der Waals surface area contributed by atoms with Gasteiger partial charge in [0.1, 0.15) is 11.8 Å². The fraction of sp³-hybridized carbons (Fsp3) is 0.412. The van der Waals surface area contributed by atoms with Crippen molar-refractivity contribution in [2.24, 2.45) is 0 Å². The van der Waals surface area contributed by atoms with Crippen LogP contribution in [0.3, 0.4) is 0 Å². The van der Waals surface area contributed by atoms with Crippen molar-refractivity contribution in [2.75, 3.05) is 7.11 Å². The lowest BCUT2D eigenvalue weighted by Gasteiger charge is -2.27. The number of amides is 4. The molecule has 24 heavy (non-hydrogen) atoms. The highest BCUT2D eigenvalue weighted by Gasteiger charge is 2.44. The van der Waals surface area contributed by atoms with Crippen LogP contribution in [0.5, 0.6) is 5.75 Å². The van der Waals surface area contributed by atoms with Crippen LogP contribution in [0.25, 0.3) is 0 Å². The maximum absolute atomic E-state index is 12.4. The molecule has 0 radical (unpaired) electrons. The number of rotatable bonds is 2. The van der Waals surface area contributed by atoms with Crippen molar-refractivity contribution >= 4 is 23.6 Å². The average Bonchev–Trinajstić information content (AvgIpc) is 2.80. The lowest BCUT2D eigenvalue weighted by atomic mass is 10.0. The van der Waals surface area contributed by atoms with Crippen LogP contribution in [0.2, 0.25) is 0 Å². The lowest BCUT2D eigenvalue weighted by Crippen LogP contribution is -2.54. The van der Waals surface area contributed by atoms with Crippen LogP contribution >= 0.6 is 0 Å². The summed E-state index contributed by atoms with van der Waals surface area (Å²) in [7, 11) is 1.46. The van der Waals surface area contributed by atoms with Crippen LogP contribution in [0.15, 0.2) is 18.2 Å². The molecule has 1 saturated heterocycles. The molecule has 1 unspecified atom stereocenters. The Morgan fingerprint density at radius 3 is 2.33 bits per heavy atom. The molecule has 2 heterocycles. The van der Waals surface area contributed by atoms with E-state index < -0.39 is 29.7 Å². The number of piperidine rings is 1. The first-order valence-electron chi connectivity index (χ1n) is 7.84. The number of fused-ring (bicyclic) bond motifs is 1. The maximum atomic E-state index is 12.4. The van der Waals surface area contributed by atoms with E-state index in [9.17, 15) is 19.2 Å². The minimum Gasteiger partial charge on any atom is -0.497 e. The van der Waals surface area contributed by atoms with Gasteiger partial charge in [0.15, 0.2) is 0 Å². The number of carbonyl (C=O) groups excluding carboxylic acids is 4. The highest BCUT2D eigenvalue weighted by atomic mass is 16.5. The van der Waals surface area contributed by atoms with Gasteiger partial charge in [-0.25, -0.2) is 0 Å². The fourth-order valence-corrected chi connectivity index (χ4v) is 2.58. The van der Waals surface area contributed by atoms with Crippen molar-refractivity contribution in [3.05, 3.63) is 29.3 Å². The Bertz CT molecular complexity index is 698. The van der Waals surface area contributed by atoms with Crippen LogP contribution in [0.4, 0.5) is 0 Å². The summed E-state index contributed by atoms with van der Waals surface area (Å²) in [5, 5.41) is 2.15. The van der Waals surface area contributed by atoms with Crippen molar-refractivity contribution in [3.63, 3.8) is 0 Å². The van der Waals surface area contributed by atoms with Crippen LogP contribution in [-0.4, -0.2) is 41.7 Å². The third kappa shape index (κ3) is 3.15. The van der Waals surface area contributed by atoms with E-state index in [1.54, 1.807) is 6.07 Å². The van der Waals surface area contributed by atoms with E-state index in [0.29, 0.717) is 5.75 Å². The summed E-state index contributed by atoms with van der Waals surface area (Å²) in [6.45, 7) is 4.25. The summed E-state index contributed by atoms with van der Waals surface area (Å²) >= 11 is 0. The van der Waals surface area contributed by atoms with Gasteiger partial charge in [-0.2, -0.15) is 0 Å². The molecule has 3 rings (SSSR count). The van der Waals surface area contributed by atoms with Gasteiger partial charge in [-0.05, 0) is 24.6 Å². The van der Waals surface area contributed by atoms with Crippen molar-refractivity contribution in [1.82, 2.24) is 10.2 Å². The van der Waals surface area contributed by atoms with E-state index in [0.717, 1.165) is 4.90 Å². The van der Waals surface area contributed by atoms with Crippen molar-refractivity contribution in [1.29, 1.82) is 0 Å². The number of hydrogen-bond acceptors (Lipinski definition) is 5. The lowest BCUT2D eigenvalue weighted by molar-refractivity contribution is -0.136. The van der Waals surface area contributed by atoms with E-state index in [-0.39, 0.29) is 24.0 Å². The molecule has 0 spiro atoms. The number of benzene rings is 1.